The molecule has 1 heterocycles. The second kappa shape index (κ2) is 5.35. The molecule has 1 aromatic carbocycles. The van der Waals surface area contributed by atoms with Gasteiger partial charge >= 0.3 is 5.69 Å². The number of nitrogens with zero attached hydrogens (tertiary/aromatic N) is 1. The molecule has 2 N–H and O–H groups in total. The predicted octanol–water partition coefficient (Wildman–Crippen LogP) is 2.68. The van der Waals surface area contributed by atoms with E-state index in [1.165, 1.54) is 6.07 Å². The van der Waals surface area contributed by atoms with Crippen LogP contribution in [0.4, 0.5) is 8.78 Å². The highest BCUT2D eigenvalue weighted by atomic mass is 19.1. The Morgan fingerprint density at radius 1 is 1.32 bits per heavy atom. The molecule has 0 bridgehead atoms. The maximum absolute atomic E-state index is 14.0. The maximum Gasteiger partial charge on any atom is 0.325 e. The normalized spacial score (nSPS) is 21.0. The Kier molecular flexibility index (Phi) is 3.64. The van der Waals surface area contributed by atoms with Crippen LogP contribution in [0.2, 0.25) is 0 Å². The summed E-state index contributed by atoms with van der Waals surface area (Å²) >= 11 is 0. The van der Waals surface area contributed by atoms with Crippen LogP contribution in [0.3, 0.4) is 0 Å². The number of hydrogen-bond donors (Lipinski definition) is 2. The van der Waals surface area contributed by atoms with Crippen molar-refractivity contribution in [2.24, 2.45) is 0 Å². The van der Waals surface area contributed by atoms with Crippen molar-refractivity contribution in [3.63, 3.8) is 0 Å². The van der Waals surface area contributed by atoms with Crippen molar-refractivity contribution in [2.45, 2.75) is 45.3 Å². The fraction of sp³-hybridized carbons (Fsp3) is 0.438. The van der Waals surface area contributed by atoms with Crippen molar-refractivity contribution in [1.29, 1.82) is 0 Å². The van der Waals surface area contributed by atoms with E-state index in [-0.39, 0.29) is 17.2 Å². The summed E-state index contributed by atoms with van der Waals surface area (Å²) in [5.41, 5.74) is 2.00. The van der Waals surface area contributed by atoms with Crippen molar-refractivity contribution in [2.75, 3.05) is 0 Å². The monoisotopic (exact) mass is 308 g/mol. The lowest BCUT2D eigenvalue weighted by Gasteiger charge is -2.29. The molecule has 4 nitrogen and oxygen atoms in total. The summed E-state index contributed by atoms with van der Waals surface area (Å²) in [4.78, 5) is 14.7. The van der Waals surface area contributed by atoms with Crippen LogP contribution in [-0.2, 0) is 6.54 Å². The number of aromatic amines is 1. The van der Waals surface area contributed by atoms with Gasteiger partial charge in [-0.1, -0.05) is 0 Å². The van der Waals surface area contributed by atoms with Gasteiger partial charge in [0.2, 0.25) is 0 Å². The van der Waals surface area contributed by atoms with Gasteiger partial charge in [-0.15, -0.1) is 0 Å². The van der Waals surface area contributed by atoms with Crippen LogP contribution in [-0.4, -0.2) is 14.7 Å². The largest absolute Gasteiger partial charge is 0.388 e. The van der Waals surface area contributed by atoms with Crippen LogP contribution in [0.1, 0.15) is 47.4 Å². The third-order valence-corrected chi connectivity index (χ3v) is 4.58. The summed E-state index contributed by atoms with van der Waals surface area (Å²) in [6.07, 6.45) is 0.0579. The Hall–Kier alpha value is -1.95. The van der Waals surface area contributed by atoms with Crippen molar-refractivity contribution in [3.8, 4) is 0 Å². The molecular weight excluding hydrogens is 290 g/mol. The molecule has 2 aromatic rings. The average Bonchev–Trinajstić information content (AvgIpc) is 2.67. The predicted molar refractivity (Wildman–Crippen MR) is 77.8 cm³/mol. The number of aliphatic hydroxyl groups excluding tert-OH is 1. The molecule has 0 saturated carbocycles. The summed E-state index contributed by atoms with van der Waals surface area (Å²) in [5, 5.41) is 9.99. The van der Waals surface area contributed by atoms with E-state index in [9.17, 15) is 18.7 Å². The second-order valence-corrected chi connectivity index (χ2v) is 5.93. The number of nitrogens with one attached hydrogen (secondary N) is 1. The Balaban J connectivity index is 2.04. The molecule has 6 heteroatoms. The molecule has 2 atom stereocenters. The lowest BCUT2D eigenvalue weighted by molar-refractivity contribution is 0.143. The fourth-order valence-electron chi connectivity index (χ4n) is 3.26. The van der Waals surface area contributed by atoms with E-state index in [1.807, 2.05) is 13.8 Å². The summed E-state index contributed by atoms with van der Waals surface area (Å²) in [7, 11) is 0. The number of H-pyrrole nitrogens is 1. The second-order valence-electron chi connectivity index (χ2n) is 5.93. The van der Waals surface area contributed by atoms with E-state index >= 15 is 0 Å². The van der Waals surface area contributed by atoms with E-state index in [0.29, 0.717) is 24.9 Å². The highest BCUT2D eigenvalue weighted by Crippen LogP contribution is 2.40. The van der Waals surface area contributed by atoms with Crippen LogP contribution in [0.5, 0.6) is 0 Å². The van der Waals surface area contributed by atoms with Gasteiger partial charge in [-0.25, -0.2) is 13.6 Å². The first-order valence-corrected chi connectivity index (χ1v) is 7.31. The van der Waals surface area contributed by atoms with Gasteiger partial charge in [0, 0.05) is 35.5 Å². The smallest absolute Gasteiger partial charge is 0.325 e. The van der Waals surface area contributed by atoms with E-state index in [4.69, 9.17) is 0 Å². The number of aliphatic hydroxyl groups is 1. The molecule has 0 spiro atoms. The van der Waals surface area contributed by atoms with Crippen molar-refractivity contribution in [3.05, 3.63) is 56.8 Å². The summed E-state index contributed by atoms with van der Waals surface area (Å²) < 4.78 is 29.1. The first kappa shape index (κ1) is 15.0. The van der Waals surface area contributed by atoms with Gasteiger partial charge in [-0.2, -0.15) is 0 Å². The third-order valence-electron chi connectivity index (χ3n) is 4.58. The molecule has 1 aromatic heterocycles. The number of halogens is 2. The molecule has 0 saturated heterocycles. The van der Waals surface area contributed by atoms with E-state index in [2.05, 4.69) is 4.98 Å². The summed E-state index contributed by atoms with van der Waals surface area (Å²) in [6.45, 7) is 3.99. The van der Waals surface area contributed by atoms with Gasteiger partial charge in [0.05, 0.1) is 6.10 Å². The number of benzene rings is 1. The van der Waals surface area contributed by atoms with Gasteiger partial charge in [0.15, 0.2) is 0 Å². The molecule has 1 aliphatic carbocycles. The minimum atomic E-state index is -0.919. The minimum absolute atomic E-state index is 0.163. The zero-order valence-electron chi connectivity index (χ0n) is 12.5. The number of aromatic nitrogens is 2. The van der Waals surface area contributed by atoms with Gasteiger partial charge in [0.25, 0.3) is 0 Å². The number of aryl methyl sites for hydroxylation is 1. The molecule has 2 unspecified atom stereocenters. The standard InChI is InChI=1S/C16H18F2N2O2/c1-8-9(2)20(16(22)19-8)7-10-3-4-14(21)15-12(10)5-11(17)6-13(15)18/h5-6,10,14,21H,3-4,7H2,1-2H3,(H,19,22). The Morgan fingerprint density at radius 2 is 2.05 bits per heavy atom. The molecule has 0 amide bonds. The van der Waals surface area contributed by atoms with Gasteiger partial charge in [-0.05, 0) is 38.3 Å². The lowest BCUT2D eigenvalue weighted by Crippen LogP contribution is -2.25. The zero-order valence-corrected chi connectivity index (χ0v) is 12.5. The molecule has 22 heavy (non-hydrogen) atoms. The molecule has 0 aliphatic heterocycles. The number of fused-ring (bicyclic) bond motifs is 1. The van der Waals surface area contributed by atoms with Crippen LogP contribution >= 0.6 is 0 Å². The highest BCUT2D eigenvalue weighted by Gasteiger charge is 2.30. The molecule has 118 valence electrons. The minimum Gasteiger partial charge on any atom is -0.388 e. The lowest BCUT2D eigenvalue weighted by atomic mass is 9.80. The molecule has 3 rings (SSSR count). The van der Waals surface area contributed by atoms with Gasteiger partial charge < -0.3 is 10.1 Å². The average molecular weight is 308 g/mol. The quantitative estimate of drug-likeness (QED) is 0.896. The molecule has 0 fully saturated rings. The third kappa shape index (κ3) is 2.37. The Bertz CT molecular complexity index is 779. The first-order chi connectivity index (χ1) is 10.4. The van der Waals surface area contributed by atoms with Crippen LogP contribution < -0.4 is 5.69 Å². The van der Waals surface area contributed by atoms with E-state index < -0.39 is 17.7 Å². The van der Waals surface area contributed by atoms with Crippen LogP contribution in [0, 0.1) is 25.5 Å². The number of hydrogen-bond acceptors (Lipinski definition) is 2. The van der Waals surface area contributed by atoms with Crippen molar-refractivity contribution < 1.29 is 13.9 Å². The Labute approximate surface area is 126 Å². The van der Waals surface area contributed by atoms with Gasteiger partial charge in [0.1, 0.15) is 11.6 Å². The molecule has 0 radical (unpaired) electrons. The van der Waals surface area contributed by atoms with Crippen LogP contribution in [0.25, 0.3) is 0 Å². The summed E-state index contributed by atoms with van der Waals surface area (Å²) in [6, 6.07) is 2.06. The van der Waals surface area contributed by atoms with Crippen LogP contribution in [0.15, 0.2) is 16.9 Å². The molecular formula is C16H18F2N2O2. The maximum atomic E-state index is 14.0. The van der Waals surface area contributed by atoms with E-state index in [0.717, 1.165) is 17.5 Å². The van der Waals surface area contributed by atoms with Gasteiger partial charge in [-0.3, -0.25) is 4.57 Å². The summed E-state index contributed by atoms with van der Waals surface area (Å²) in [5.74, 6) is -1.58. The number of imidazole rings is 1. The number of rotatable bonds is 2. The fourth-order valence-corrected chi connectivity index (χ4v) is 3.26. The molecule has 1 aliphatic rings. The first-order valence-electron chi connectivity index (χ1n) is 7.31. The SMILES string of the molecule is Cc1[nH]c(=O)n(CC2CCC(O)c3c(F)cc(F)cc32)c1C. The highest BCUT2D eigenvalue weighted by molar-refractivity contribution is 5.36. The van der Waals surface area contributed by atoms with Crippen molar-refractivity contribution in [1.82, 2.24) is 9.55 Å². The van der Waals surface area contributed by atoms with Crippen molar-refractivity contribution >= 4 is 0 Å². The zero-order chi connectivity index (χ0) is 16.0. The van der Waals surface area contributed by atoms with E-state index in [1.54, 1.807) is 4.57 Å². The Morgan fingerprint density at radius 3 is 2.68 bits per heavy atom. The topological polar surface area (TPSA) is 58.0 Å².